The highest BCUT2D eigenvalue weighted by Crippen LogP contribution is 2.25. The van der Waals surface area contributed by atoms with Crippen molar-refractivity contribution < 1.29 is 18.1 Å². The molecule has 0 bridgehead atoms. The van der Waals surface area contributed by atoms with Gasteiger partial charge in [0.05, 0.1) is 19.8 Å². The van der Waals surface area contributed by atoms with Crippen LogP contribution in [0.5, 0.6) is 5.75 Å². The number of aromatic nitrogens is 2. The summed E-state index contributed by atoms with van der Waals surface area (Å²) in [6.45, 7) is -1.49. The van der Waals surface area contributed by atoms with Gasteiger partial charge in [-0.15, -0.1) is 6.42 Å². The molecule has 0 unspecified atom stereocenters. The fraction of sp³-hybridized carbons (Fsp3) is 0.294. The molecule has 0 amide bonds. The number of terminal acetylenes is 1. The Morgan fingerprint density at radius 3 is 2.79 bits per heavy atom. The van der Waals surface area contributed by atoms with E-state index in [2.05, 4.69) is 5.92 Å². The normalized spacial score (nSPS) is 11.1. The van der Waals surface area contributed by atoms with Crippen molar-refractivity contribution in [3.05, 3.63) is 42.2 Å². The number of nitriles is 1. The third kappa shape index (κ3) is 3.75. The van der Waals surface area contributed by atoms with Crippen molar-refractivity contribution in [2.45, 2.75) is 12.2 Å². The van der Waals surface area contributed by atoms with Gasteiger partial charge in [-0.1, -0.05) is 18.1 Å². The van der Waals surface area contributed by atoms with Gasteiger partial charge in [0.15, 0.2) is 0 Å². The summed E-state index contributed by atoms with van der Waals surface area (Å²) in [5.74, 6) is 1.27. The molecular weight excluding hydrogens is 311 g/mol. The number of imidazole rings is 1. The Balaban J connectivity index is 2.27. The first-order chi connectivity index (χ1) is 11.4. The molecule has 1 radical (unpaired) electrons. The fourth-order valence-corrected chi connectivity index (χ4v) is 2.59. The van der Waals surface area contributed by atoms with E-state index in [9.17, 15) is 14.0 Å². The summed E-state index contributed by atoms with van der Waals surface area (Å²) in [5, 5.41) is 9.33. The number of hydrogen-bond acceptors (Lipinski definition) is 2. The van der Waals surface area contributed by atoms with E-state index in [1.165, 1.54) is 15.2 Å². The minimum absolute atomic E-state index is 0.0693. The first-order valence-corrected chi connectivity index (χ1v) is 7.32. The summed E-state index contributed by atoms with van der Waals surface area (Å²) in [7, 11) is 3.29. The highest BCUT2D eigenvalue weighted by atomic mass is 19.3. The Morgan fingerprint density at radius 2 is 2.21 bits per heavy atom. The van der Waals surface area contributed by atoms with Crippen LogP contribution in [0.1, 0.15) is 5.56 Å². The number of nitrogens with zero attached hydrogens (tertiary/aromatic N) is 3. The number of aryl methyl sites for hydroxylation is 2. The van der Waals surface area contributed by atoms with Crippen LogP contribution < -0.4 is 15.0 Å². The smallest absolute Gasteiger partial charge is 0.205 e. The Morgan fingerprint density at radius 1 is 1.46 bits per heavy atom. The van der Waals surface area contributed by atoms with E-state index in [1.54, 1.807) is 50.7 Å². The average Bonchev–Trinajstić information content (AvgIpc) is 2.85. The lowest BCUT2D eigenvalue weighted by Gasteiger charge is -2.28. The van der Waals surface area contributed by atoms with Crippen LogP contribution in [0.2, 0.25) is 0 Å². The maximum Gasteiger partial charge on any atom is 0.205 e. The summed E-state index contributed by atoms with van der Waals surface area (Å²) in [5.41, 5.74) is 0.633. The SMILES string of the molecule is C#CCOc1cccc(CC(F)(F)[B-](C#N)c2n(C)cc[n+]2C)c1. The molecular formula is C17H17BF2N3O. The maximum absolute atomic E-state index is 14.8. The number of alkyl halides is 2. The summed E-state index contributed by atoms with van der Waals surface area (Å²) < 4.78 is 37.8. The molecule has 0 aliphatic carbocycles. The molecule has 0 saturated heterocycles. The van der Waals surface area contributed by atoms with Crippen LogP contribution in [-0.4, -0.2) is 23.7 Å². The van der Waals surface area contributed by atoms with Crippen molar-refractivity contribution in [1.82, 2.24) is 4.57 Å². The molecule has 4 nitrogen and oxygen atoms in total. The zero-order chi connectivity index (χ0) is 17.7. The van der Waals surface area contributed by atoms with Crippen molar-refractivity contribution in [3.63, 3.8) is 0 Å². The van der Waals surface area contributed by atoms with Gasteiger partial charge < -0.3 is 4.74 Å². The molecule has 0 spiro atoms. The van der Waals surface area contributed by atoms with Gasteiger partial charge in [-0.3, -0.25) is 23.2 Å². The number of halogens is 2. The molecule has 0 aliphatic rings. The molecule has 7 heteroatoms. The van der Waals surface area contributed by atoms with Gasteiger partial charge in [0.25, 0.3) is 0 Å². The minimum Gasteiger partial charge on any atom is -0.481 e. The Bertz CT molecular complexity index is 785. The number of benzene rings is 1. The van der Waals surface area contributed by atoms with Crippen molar-refractivity contribution >= 4 is 12.4 Å². The van der Waals surface area contributed by atoms with Crippen molar-refractivity contribution in [2.75, 3.05) is 6.61 Å². The predicted molar refractivity (Wildman–Crippen MR) is 87.0 cm³/mol. The van der Waals surface area contributed by atoms with Crippen LogP contribution in [0.3, 0.4) is 0 Å². The van der Waals surface area contributed by atoms with Gasteiger partial charge in [0, 0.05) is 0 Å². The quantitative estimate of drug-likeness (QED) is 0.452. The van der Waals surface area contributed by atoms with Gasteiger partial charge in [-0.05, 0) is 24.1 Å². The van der Waals surface area contributed by atoms with Gasteiger partial charge >= 0.3 is 0 Å². The summed E-state index contributed by atoms with van der Waals surface area (Å²) in [6, 6.07) is 6.37. The first kappa shape index (κ1) is 17.6. The van der Waals surface area contributed by atoms with E-state index in [-0.39, 0.29) is 12.3 Å². The van der Waals surface area contributed by atoms with E-state index >= 15 is 0 Å². The molecule has 1 aromatic heterocycles. The number of hydrogen-bond donors (Lipinski definition) is 0. The summed E-state index contributed by atoms with van der Waals surface area (Å²) in [4.78, 5) is 0. The second kappa shape index (κ2) is 7.19. The zero-order valence-electron chi connectivity index (χ0n) is 13.5. The standard InChI is InChI=1S/C17H17BF2N3O/c1-4-10-24-15-7-5-6-14(11-15)12-17(19,20)18(13-21)16-22(2)8-9-23(16)3/h1,5-9,11H,10,12H2,2-3H3. The number of rotatable bonds is 6. The van der Waals surface area contributed by atoms with Gasteiger partial charge in [-0.25, -0.2) is 0 Å². The van der Waals surface area contributed by atoms with Crippen LogP contribution in [0.4, 0.5) is 8.78 Å². The first-order valence-electron chi connectivity index (χ1n) is 7.32. The lowest BCUT2D eigenvalue weighted by molar-refractivity contribution is -0.653. The van der Waals surface area contributed by atoms with Crippen molar-refractivity contribution in [1.29, 1.82) is 5.26 Å². The minimum atomic E-state index is -3.23. The van der Waals surface area contributed by atoms with E-state index in [0.717, 1.165) is 0 Å². The van der Waals surface area contributed by atoms with E-state index in [4.69, 9.17) is 11.2 Å². The molecule has 1 aromatic carbocycles. The van der Waals surface area contributed by atoms with Crippen molar-refractivity contribution in [2.24, 2.45) is 14.1 Å². The lowest BCUT2D eigenvalue weighted by atomic mass is 9.44. The second-order valence-corrected chi connectivity index (χ2v) is 5.52. The van der Waals surface area contributed by atoms with Crippen LogP contribution in [-0.2, 0) is 20.5 Å². The Hall–Kier alpha value is -2.80. The Kier molecular flexibility index (Phi) is 5.26. The van der Waals surface area contributed by atoms with Gasteiger partial charge in [-0.2, -0.15) is 5.97 Å². The highest BCUT2D eigenvalue weighted by Gasteiger charge is 2.37. The monoisotopic (exact) mass is 328 g/mol. The molecule has 0 saturated carbocycles. The molecule has 0 N–H and O–H groups in total. The second-order valence-electron chi connectivity index (χ2n) is 5.52. The lowest BCUT2D eigenvalue weighted by Crippen LogP contribution is -2.62. The summed E-state index contributed by atoms with van der Waals surface area (Å²) in [6.07, 6.45) is 7.84. The molecule has 24 heavy (non-hydrogen) atoms. The van der Waals surface area contributed by atoms with Crippen LogP contribution in [0, 0.1) is 23.6 Å². The topological polar surface area (TPSA) is 41.8 Å². The average molecular weight is 328 g/mol. The summed E-state index contributed by atoms with van der Waals surface area (Å²) >= 11 is 0. The van der Waals surface area contributed by atoms with E-state index in [1.807, 2.05) is 0 Å². The fourth-order valence-electron chi connectivity index (χ4n) is 2.59. The molecule has 0 aliphatic heterocycles. The zero-order valence-corrected chi connectivity index (χ0v) is 13.5. The molecule has 1 heterocycles. The molecule has 2 rings (SSSR count). The third-order valence-electron chi connectivity index (χ3n) is 3.71. The van der Waals surface area contributed by atoms with Crippen LogP contribution in [0.25, 0.3) is 0 Å². The van der Waals surface area contributed by atoms with E-state index < -0.39 is 19.0 Å². The van der Waals surface area contributed by atoms with Gasteiger partial charge in [0.1, 0.15) is 30.6 Å². The Labute approximate surface area is 140 Å². The van der Waals surface area contributed by atoms with Crippen LogP contribution in [0.15, 0.2) is 36.7 Å². The molecule has 0 fully saturated rings. The van der Waals surface area contributed by atoms with Gasteiger partial charge in [0.2, 0.25) is 6.71 Å². The molecule has 2 aromatic rings. The highest BCUT2D eigenvalue weighted by molar-refractivity contribution is 6.80. The third-order valence-corrected chi connectivity index (χ3v) is 3.71. The van der Waals surface area contributed by atoms with Crippen molar-refractivity contribution in [3.8, 4) is 24.1 Å². The number of ether oxygens (including phenoxy) is 1. The molecule has 0 atom stereocenters. The molecule has 123 valence electrons. The largest absolute Gasteiger partial charge is 0.481 e. The predicted octanol–water partition coefficient (Wildman–Crippen LogP) is 1.04. The van der Waals surface area contributed by atoms with E-state index in [0.29, 0.717) is 11.3 Å². The maximum atomic E-state index is 14.8. The van der Waals surface area contributed by atoms with Crippen LogP contribution >= 0.6 is 0 Å².